The van der Waals surface area contributed by atoms with Crippen LogP contribution in [0.3, 0.4) is 0 Å². The third kappa shape index (κ3) is 3.06. The fraction of sp³-hybridized carbons (Fsp3) is 0.263. The van der Waals surface area contributed by atoms with E-state index in [9.17, 15) is 8.78 Å². The van der Waals surface area contributed by atoms with Crippen LogP contribution in [-0.2, 0) is 0 Å². The summed E-state index contributed by atoms with van der Waals surface area (Å²) < 4.78 is 27.8. The first-order valence-electron chi connectivity index (χ1n) is 8.00. The molecule has 3 rings (SSSR count). The van der Waals surface area contributed by atoms with Gasteiger partial charge in [0.2, 0.25) is 0 Å². The number of thioether (sulfide) groups is 1. The van der Waals surface area contributed by atoms with E-state index in [2.05, 4.69) is 23.3 Å². The molecular weight excluding hydrogens is 340 g/mol. The maximum atomic E-state index is 14.2. The van der Waals surface area contributed by atoms with Gasteiger partial charge < -0.3 is 0 Å². The minimum absolute atomic E-state index is 0.173. The number of likely N-dealkylation sites (N-methyl/N-ethyl adjacent to an activating group) is 1. The summed E-state index contributed by atoms with van der Waals surface area (Å²) in [7, 11) is 1.84. The lowest BCUT2D eigenvalue weighted by Gasteiger charge is -2.38. The molecule has 0 bridgehead atoms. The number of hydrogen-bond donors (Lipinski definition) is 0. The van der Waals surface area contributed by atoms with Gasteiger partial charge in [-0.05, 0) is 43.0 Å². The molecule has 1 spiro atoms. The van der Waals surface area contributed by atoms with Gasteiger partial charge in [0, 0.05) is 18.8 Å². The predicted octanol–water partition coefficient (Wildman–Crippen LogP) is 4.88. The highest BCUT2D eigenvalue weighted by atomic mass is 32.2. The Morgan fingerprint density at radius 1 is 1.36 bits per heavy atom. The number of hydrazone groups is 1. The molecule has 2 aliphatic rings. The van der Waals surface area contributed by atoms with Crippen molar-refractivity contribution in [2.75, 3.05) is 7.05 Å². The average molecular weight is 359 g/mol. The average Bonchev–Trinajstić information content (AvgIpc) is 2.92. The number of hydrogen-bond acceptors (Lipinski definition) is 4. The van der Waals surface area contributed by atoms with Crippen molar-refractivity contribution < 1.29 is 8.78 Å². The zero-order valence-electron chi connectivity index (χ0n) is 14.0. The fourth-order valence-electron chi connectivity index (χ4n) is 3.16. The van der Waals surface area contributed by atoms with E-state index >= 15 is 0 Å². The topological polar surface area (TPSA) is 28.0 Å². The van der Waals surface area contributed by atoms with Crippen LogP contribution in [0.15, 0.2) is 64.9 Å². The molecule has 0 fully saturated rings. The monoisotopic (exact) mass is 359 g/mol. The highest BCUT2D eigenvalue weighted by Gasteiger charge is 2.48. The van der Waals surface area contributed by atoms with Crippen molar-refractivity contribution >= 4 is 23.0 Å². The Bertz CT molecular complexity index is 813. The normalized spacial score (nSPS) is 23.5. The van der Waals surface area contributed by atoms with Crippen molar-refractivity contribution in [3.63, 3.8) is 0 Å². The molecule has 0 saturated heterocycles. The Labute approximate surface area is 150 Å². The van der Waals surface area contributed by atoms with E-state index in [0.29, 0.717) is 5.04 Å². The second-order valence-electron chi connectivity index (χ2n) is 5.88. The third-order valence-corrected chi connectivity index (χ3v) is 5.87. The Balaban J connectivity index is 2.06. The maximum Gasteiger partial charge on any atom is 0.151 e. The van der Waals surface area contributed by atoms with Gasteiger partial charge in [-0.25, -0.2) is 8.78 Å². The van der Waals surface area contributed by atoms with E-state index in [1.54, 1.807) is 17.3 Å². The lowest BCUT2D eigenvalue weighted by atomic mass is 9.91. The summed E-state index contributed by atoms with van der Waals surface area (Å²) in [4.78, 5) is 4.02. The van der Waals surface area contributed by atoms with Crippen LogP contribution in [0.2, 0.25) is 0 Å². The number of aliphatic imine (C=N–C) groups is 1. The highest BCUT2D eigenvalue weighted by molar-refractivity contribution is 8.16. The molecule has 0 amide bonds. The first-order valence-corrected chi connectivity index (χ1v) is 8.81. The van der Waals surface area contributed by atoms with Crippen molar-refractivity contribution in [2.45, 2.75) is 24.1 Å². The SMILES string of the molecule is C=CC=NC1=C(C=C)CCCC12SC(c1cc(F)ccc1F)=NN2C. The van der Waals surface area contributed by atoms with Crippen LogP contribution in [0.4, 0.5) is 8.78 Å². The summed E-state index contributed by atoms with van der Waals surface area (Å²) in [6, 6.07) is 3.41. The van der Waals surface area contributed by atoms with Crippen molar-refractivity contribution in [1.29, 1.82) is 0 Å². The smallest absolute Gasteiger partial charge is 0.151 e. The summed E-state index contributed by atoms with van der Waals surface area (Å²) >= 11 is 1.41. The molecule has 1 heterocycles. The Kier molecular flexibility index (Phi) is 4.90. The van der Waals surface area contributed by atoms with E-state index in [1.807, 2.05) is 13.1 Å². The lowest BCUT2D eigenvalue weighted by molar-refractivity contribution is 0.235. The largest absolute Gasteiger partial charge is 0.276 e. The second kappa shape index (κ2) is 6.96. The first-order chi connectivity index (χ1) is 12.0. The Morgan fingerprint density at radius 3 is 2.88 bits per heavy atom. The molecule has 0 aromatic heterocycles. The van der Waals surface area contributed by atoms with Gasteiger partial charge in [-0.2, -0.15) is 5.10 Å². The van der Waals surface area contributed by atoms with Crippen LogP contribution in [0, 0.1) is 11.6 Å². The van der Waals surface area contributed by atoms with Crippen molar-refractivity contribution in [3.05, 3.63) is 72.0 Å². The molecule has 6 heteroatoms. The molecule has 3 nitrogen and oxygen atoms in total. The molecule has 1 atom stereocenters. The predicted molar refractivity (Wildman–Crippen MR) is 101 cm³/mol. The molecule has 1 aromatic carbocycles. The molecule has 0 radical (unpaired) electrons. The first kappa shape index (κ1) is 17.6. The Hall–Kier alpha value is -2.21. The van der Waals surface area contributed by atoms with E-state index in [4.69, 9.17) is 0 Å². The molecule has 1 aliphatic heterocycles. The third-order valence-electron chi connectivity index (χ3n) is 4.38. The van der Waals surface area contributed by atoms with Gasteiger partial charge in [-0.15, -0.1) is 0 Å². The van der Waals surface area contributed by atoms with E-state index in [1.165, 1.54) is 17.8 Å². The molecule has 1 aromatic rings. The van der Waals surface area contributed by atoms with Crippen molar-refractivity contribution in [3.8, 4) is 0 Å². The second-order valence-corrected chi connectivity index (χ2v) is 7.15. The van der Waals surface area contributed by atoms with E-state index in [0.717, 1.165) is 42.7 Å². The van der Waals surface area contributed by atoms with Crippen LogP contribution in [-0.4, -0.2) is 28.2 Å². The zero-order valence-corrected chi connectivity index (χ0v) is 14.8. The van der Waals surface area contributed by atoms with Gasteiger partial charge >= 0.3 is 0 Å². The standard InChI is InChI=1S/C19H19F2N3S/c1-4-11-22-17-13(5-2)7-6-10-19(17)24(3)23-18(25-19)15-12-14(20)8-9-16(15)21/h4-5,8-9,11-12H,1-2,6-7,10H2,3H3. The molecule has 130 valence electrons. The summed E-state index contributed by atoms with van der Waals surface area (Å²) in [5.41, 5.74) is 2.06. The molecule has 1 aliphatic carbocycles. The quantitative estimate of drug-likeness (QED) is 0.717. The van der Waals surface area contributed by atoms with Crippen LogP contribution >= 0.6 is 11.8 Å². The number of allylic oxidation sites excluding steroid dienone is 3. The molecule has 0 N–H and O–H groups in total. The van der Waals surface area contributed by atoms with Crippen LogP contribution in [0.25, 0.3) is 0 Å². The minimum atomic E-state index is -0.546. The van der Waals surface area contributed by atoms with E-state index < -0.39 is 16.5 Å². The lowest BCUT2D eigenvalue weighted by Crippen LogP contribution is -2.41. The summed E-state index contributed by atoms with van der Waals surface area (Å²) in [6.45, 7) is 7.57. The summed E-state index contributed by atoms with van der Waals surface area (Å²) in [5.74, 6) is -0.975. The van der Waals surface area contributed by atoms with Gasteiger partial charge in [0.25, 0.3) is 0 Å². The number of halogens is 2. The van der Waals surface area contributed by atoms with Crippen LogP contribution in [0.5, 0.6) is 0 Å². The molecular formula is C19H19F2N3S. The Morgan fingerprint density at radius 2 is 2.16 bits per heavy atom. The van der Waals surface area contributed by atoms with Gasteiger partial charge in [-0.3, -0.25) is 10.0 Å². The summed E-state index contributed by atoms with van der Waals surface area (Å²) in [5, 5.41) is 6.76. The zero-order chi connectivity index (χ0) is 18.0. The van der Waals surface area contributed by atoms with Crippen molar-refractivity contribution in [1.82, 2.24) is 5.01 Å². The van der Waals surface area contributed by atoms with Crippen molar-refractivity contribution in [2.24, 2.45) is 10.1 Å². The van der Waals surface area contributed by atoms with Gasteiger partial charge in [0.05, 0.1) is 5.70 Å². The number of benzene rings is 1. The van der Waals surface area contributed by atoms with Gasteiger partial charge in [0.1, 0.15) is 16.7 Å². The number of rotatable bonds is 4. The molecule has 1 unspecified atom stereocenters. The van der Waals surface area contributed by atoms with Crippen LogP contribution < -0.4 is 0 Å². The minimum Gasteiger partial charge on any atom is -0.276 e. The van der Waals surface area contributed by atoms with Gasteiger partial charge in [0.15, 0.2) is 4.87 Å². The summed E-state index contributed by atoms with van der Waals surface area (Å²) in [6.07, 6.45) is 7.70. The highest BCUT2D eigenvalue weighted by Crippen LogP contribution is 2.51. The maximum absolute atomic E-state index is 14.2. The fourth-order valence-corrected chi connectivity index (χ4v) is 4.61. The molecule has 25 heavy (non-hydrogen) atoms. The van der Waals surface area contributed by atoms with Crippen LogP contribution in [0.1, 0.15) is 24.8 Å². The number of nitrogens with zero attached hydrogens (tertiary/aromatic N) is 3. The molecule has 0 saturated carbocycles. The van der Waals surface area contributed by atoms with Gasteiger partial charge in [-0.1, -0.05) is 37.1 Å². The van der Waals surface area contributed by atoms with E-state index in [-0.39, 0.29) is 5.56 Å².